The number of benzene rings is 2. The van der Waals surface area contributed by atoms with Gasteiger partial charge in [0.05, 0.1) is 5.69 Å². The van der Waals surface area contributed by atoms with Crippen LogP contribution in [0.1, 0.15) is 5.56 Å². The van der Waals surface area contributed by atoms with Crippen molar-refractivity contribution >= 4 is 21.6 Å². The molecule has 2 aromatic rings. The van der Waals surface area contributed by atoms with Gasteiger partial charge in [-0.25, -0.2) is 13.2 Å². The van der Waals surface area contributed by atoms with Gasteiger partial charge in [0.1, 0.15) is 17.5 Å². The normalized spacial score (nSPS) is 10.4. The molecule has 0 heterocycles. The summed E-state index contributed by atoms with van der Waals surface area (Å²) in [6.07, 6.45) is 0. The smallest absolute Gasteiger partial charge is 0.147 e. The van der Waals surface area contributed by atoms with Gasteiger partial charge >= 0.3 is 0 Å². The third kappa shape index (κ3) is 3.26. The number of hydrogen-bond donors (Lipinski definition) is 1. The predicted molar refractivity (Wildman–Crippen MR) is 67.8 cm³/mol. The highest BCUT2D eigenvalue weighted by Gasteiger charge is 2.04. The first-order chi connectivity index (χ1) is 8.54. The quantitative estimate of drug-likeness (QED) is 0.880. The highest BCUT2D eigenvalue weighted by Crippen LogP contribution is 2.20. The molecule has 0 bridgehead atoms. The van der Waals surface area contributed by atoms with Crippen LogP contribution < -0.4 is 5.32 Å². The summed E-state index contributed by atoms with van der Waals surface area (Å²) in [4.78, 5) is 0. The van der Waals surface area contributed by atoms with Crippen molar-refractivity contribution in [2.75, 3.05) is 5.32 Å². The maximum atomic E-state index is 13.5. The number of nitrogens with one attached hydrogen (secondary N) is 1. The molecular formula is C13H9BrF3N. The fourth-order valence-electron chi connectivity index (χ4n) is 1.54. The molecule has 5 heteroatoms. The molecule has 2 aromatic carbocycles. The van der Waals surface area contributed by atoms with E-state index in [-0.39, 0.29) is 12.2 Å². The minimum Gasteiger partial charge on any atom is -0.379 e. The molecule has 0 fully saturated rings. The Morgan fingerprint density at radius 3 is 2.22 bits per heavy atom. The van der Waals surface area contributed by atoms with Gasteiger partial charge in [0, 0.05) is 17.1 Å². The molecule has 0 amide bonds. The Bertz CT molecular complexity index is 552. The van der Waals surface area contributed by atoms with Crippen LogP contribution in [0.15, 0.2) is 40.9 Å². The van der Waals surface area contributed by atoms with Gasteiger partial charge in [-0.05, 0) is 35.9 Å². The lowest BCUT2D eigenvalue weighted by atomic mass is 10.2. The SMILES string of the molecule is Fc1cc(F)cc(CNc2ccc(Br)cc2F)c1. The first-order valence-electron chi connectivity index (χ1n) is 5.18. The van der Waals surface area contributed by atoms with E-state index in [2.05, 4.69) is 21.2 Å². The van der Waals surface area contributed by atoms with Gasteiger partial charge in [-0.2, -0.15) is 0 Å². The monoisotopic (exact) mass is 315 g/mol. The topological polar surface area (TPSA) is 12.0 Å². The van der Waals surface area contributed by atoms with Crippen LogP contribution in [-0.4, -0.2) is 0 Å². The summed E-state index contributed by atoms with van der Waals surface area (Å²) in [5.41, 5.74) is 0.692. The summed E-state index contributed by atoms with van der Waals surface area (Å²) >= 11 is 3.14. The Kier molecular flexibility index (Phi) is 3.91. The molecule has 0 aromatic heterocycles. The van der Waals surface area contributed by atoms with Crippen molar-refractivity contribution in [1.82, 2.24) is 0 Å². The number of anilines is 1. The Morgan fingerprint density at radius 2 is 1.61 bits per heavy atom. The molecule has 0 aliphatic carbocycles. The fourth-order valence-corrected chi connectivity index (χ4v) is 1.88. The lowest BCUT2D eigenvalue weighted by molar-refractivity contribution is 0.580. The summed E-state index contributed by atoms with van der Waals surface area (Å²) in [6.45, 7) is 0.146. The van der Waals surface area contributed by atoms with Crippen molar-refractivity contribution in [3.63, 3.8) is 0 Å². The van der Waals surface area contributed by atoms with Gasteiger partial charge in [0.15, 0.2) is 0 Å². The second-order valence-electron chi connectivity index (χ2n) is 3.76. The largest absolute Gasteiger partial charge is 0.379 e. The van der Waals surface area contributed by atoms with Gasteiger partial charge in [-0.3, -0.25) is 0 Å². The van der Waals surface area contributed by atoms with Crippen LogP contribution in [0.3, 0.4) is 0 Å². The van der Waals surface area contributed by atoms with Crippen molar-refractivity contribution in [2.24, 2.45) is 0 Å². The van der Waals surface area contributed by atoms with E-state index >= 15 is 0 Å². The van der Waals surface area contributed by atoms with Crippen LogP contribution in [0.5, 0.6) is 0 Å². The van der Waals surface area contributed by atoms with E-state index in [9.17, 15) is 13.2 Å². The number of rotatable bonds is 3. The minimum absolute atomic E-state index is 0.146. The third-order valence-electron chi connectivity index (χ3n) is 2.34. The van der Waals surface area contributed by atoms with Crippen LogP contribution in [0.2, 0.25) is 0 Å². The number of halogens is 4. The van der Waals surface area contributed by atoms with E-state index in [0.29, 0.717) is 10.0 Å². The molecule has 0 spiro atoms. The fraction of sp³-hybridized carbons (Fsp3) is 0.0769. The van der Waals surface area contributed by atoms with Crippen LogP contribution in [-0.2, 0) is 6.54 Å². The molecule has 1 nitrogen and oxygen atoms in total. The van der Waals surface area contributed by atoms with Crippen LogP contribution >= 0.6 is 15.9 Å². The lowest BCUT2D eigenvalue weighted by Gasteiger charge is -2.08. The molecule has 0 radical (unpaired) electrons. The molecule has 2 rings (SSSR count). The van der Waals surface area contributed by atoms with E-state index in [1.165, 1.54) is 18.2 Å². The maximum absolute atomic E-state index is 13.5. The highest BCUT2D eigenvalue weighted by atomic mass is 79.9. The van der Waals surface area contributed by atoms with Crippen molar-refractivity contribution in [3.8, 4) is 0 Å². The van der Waals surface area contributed by atoms with Crippen molar-refractivity contribution < 1.29 is 13.2 Å². The molecule has 0 unspecified atom stereocenters. The second kappa shape index (κ2) is 5.44. The van der Waals surface area contributed by atoms with E-state index in [1.54, 1.807) is 12.1 Å². The van der Waals surface area contributed by atoms with Gasteiger partial charge in [0.25, 0.3) is 0 Å². The molecule has 94 valence electrons. The molecule has 1 N–H and O–H groups in total. The van der Waals surface area contributed by atoms with Crippen LogP contribution in [0.4, 0.5) is 18.9 Å². The van der Waals surface area contributed by atoms with Crippen molar-refractivity contribution in [3.05, 3.63) is 63.9 Å². The average Bonchev–Trinajstić information content (AvgIpc) is 2.26. The highest BCUT2D eigenvalue weighted by molar-refractivity contribution is 9.10. The van der Waals surface area contributed by atoms with Gasteiger partial charge in [-0.15, -0.1) is 0 Å². The Balaban J connectivity index is 2.11. The predicted octanol–water partition coefficient (Wildman–Crippen LogP) is 4.48. The first-order valence-corrected chi connectivity index (χ1v) is 5.98. The summed E-state index contributed by atoms with van der Waals surface area (Å²) in [5, 5.41) is 2.78. The molecule has 18 heavy (non-hydrogen) atoms. The third-order valence-corrected chi connectivity index (χ3v) is 2.83. The van der Waals surface area contributed by atoms with E-state index in [1.807, 2.05) is 0 Å². The number of hydrogen-bond acceptors (Lipinski definition) is 1. The first kappa shape index (κ1) is 13.0. The molecule has 0 atom stereocenters. The Labute approximate surface area is 111 Å². The van der Waals surface area contributed by atoms with Crippen molar-refractivity contribution in [1.29, 1.82) is 0 Å². The van der Waals surface area contributed by atoms with Crippen LogP contribution in [0, 0.1) is 17.5 Å². The molecular weight excluding hydrogens is 307 g/mol. The summed E-state index contributed by atoms with van der Waals surface area (Å²) < 4.78 is 40.0. The minimum atomic E-state index is -0.650. The van der Waals surface area contributed by atoms with Gasteiger partial charge in [0.2, 0.25) is 0 Å². The Morgan fingerprint density at radius 1 is 0.944 bits per heavy atom. The molecule has 0 aliphatic heterocycles. The summed E-state index contributed by atoms with van der Waals surface area (Å²) in [7, 11) is 0. The standard InChI is InChI=1S/C13H9BrF3N/c14-9-1-2-13(12(17)5-9)18-7-8-3-10(15)6-11(16)4-8/h1-6,18H,7H2. The molecule has 0 saturated carbocycles. The summed E-state index contributed by atoms with van der Waals surface area (Å²) in [5.74, 6) is -1.73. The summed E-state index contributed by atoms with van der Waals surface area (Å²) in [6, 6.07) is 7.74. The molecule has 0 saturated heterocycles. The zero-order valence-corrected chi connectivity index (χ0v) is 10.8. The zero-order valence-electron chi connectivity index (χ0n) is 9.18. The average molecular weight is 316 g/mol. The van der Waals surface area contributed by atoms with Crippen molar-refractivity contribution in [2.45, 2.75) is 6.54 Å². The maximum Gasteiger partial charge on any atom is 0.147 e. The second-order valence-corrected chi connectivity index (χ2v) is 4.67. The van der Waals surface area contributed by atoms with E-state index < -0.39 is 17.5 Å². The molecule has 0 aliphatic rings. The van der Waals surface area contributed by atoms with E-state index in [4.69, 9.17) is 0 Å². The van der Waals surface area contributed by atoms with E-state index in [0.717, 1.165) is 6.07 Å². The van der Waals surface area contributed by atoms with Gasteiger partial charge < -0.3 is 5.32 Å². The van der Waals surface area contributed by atoms with Crippen LogP contribution in [0.25, 0.3) is 0 Å². The Hall–Kier alpha value is -1.49. The lowest BCUT2D eigenvalue weighted by Crippen LogP contribution is -2.02. The zero-order chi connectivity index (χ0) is 13.1. The van der Waals surface area contributed by atoms with Gasteiger partial charge in [-0.1, -0.05) is 15.9 Å².